The van der Waals surface area contributed by atoms with Crippen molar-refractivity contribution in [2.45, 2.75) is 26.2 Å². The maximum Gasteiger partial charge on any atom is -0.00455 e. The van der Waals surface area contributed by atoms with E-state index in [1.54, 1.807) is 24.8 Å². The van der Waals surface area contributed by atoms with Crippen molar-refractivity contribution < 1.29 is 0 Å². The van der Waals surface area contributed by atoms with E-state index in [9.17, 15) is 0 Å². The van der Waals surface area contributed by atoms with Crippen LogP contribution in [0.1, 0.15) is 26.2 Å². The lowest BCUT2D eigenvalue weighted by Crippen LogP contribution is -1.79. The van der Waals surface area contributed by atoms with E-state index in [1.165, 1.54) is 0 Å². The Kier molecular flexibility index (Phi) is 0.505. The first-order valence-corrected chi connectivity index (χ1v) is 4.03. The van der Waals surface area contributed by atoms with E-state index in [-0.39, 0.29) is 0 Å². The molecule has 0 heterocycles. The fourth-order valence-corrected chi connectivity index (χ4v) is 2.21. The van der Waals surface area contributed by atoms with Crippen LogP contribution in [0.4, 0.5) is 0 Å². The van der Waals surface area contributed by atoms with Crippen LogP contribution in [0, 0.1) is 17.3 Å². The molecule has 0 heteroatoms. The van der Waals surface area contributed by atoms with Crippen LogP contribution in [-0.4, -0.2) is 0 Å². The molecule has 3 aliphatic carbocycles. The summed E-state index contributed by atoms with van der Waals surface area (Å²) in [7, 11) is 0. The molecule has 0 bridgehead atoms. The highest BCUT2D eigenvalue weighted by Gasteiger charge is 2.65. The summed E-state index contributed by atoms with van der Waals surface area (Å²) in [4.78, 5) is 0. The second-order valence-electron chi connectivity index (χ2n) is 4.07. The van der Waals surface area contributed by atoms with Gasteiger partial charge < -0.3 is 0 Å². The molecule has 0 aliphatic heterocycles. The van der Waals surface area contributed by atoms with Gasteiger partial charge in [0, 0.05) is 0 Å². The zero-order valence-corrected chi connectivity index (χ0v) is 5.85. The van der Waals surface area contributed by atoms with Crippen LogP contribution in [0.2, 0.25) is 0 Å². The summed E-state index contributed by atoms with van der Waals surface area (Å²) in [6.07, 6.45) is 7.07. The van der Waals surface area contributed by atoms with Gasteiger partial charge in [-0.3, -0.25) is 0 Å². The van der Waals surface area contributed by atoms with Crippen LogP contribution in [0.15, 0.2) is 11.6 Å². The van der Waals surface area contributed by atoms with Crippen molar-refractivity contribution in [2.75, 3.05) is 0 Å². The van der Waals surface area contributed by atoms with E-state index in [4.69, 9.17) is 0 Å². The predicted octanol–water partition coefficient (Wildman–Crippen LogP) is 2.36. The van der Waals surface area contributed by atoms with Crippen molar-refractivity contribution in [3.05, 3.63) is 11.6 Å². The third kappa shape index (κ3) is 0.452. The molecule has 0 aromatic carbocycles. The Morgan fingerprint density at radius 2 is 2.22 bits per heavy atom. The quantitative estimate of drug-likeness (QED) is 0.466. The molecule has 48 valence electrons. The Labute approximate surface area is 56.0 Å². The van der Waals surface area contributed by atoms with E-state index >= 15 is 0 Å². The standard InChI is InChI=1S/C9H12/c1-6-4-7(6)8-5-9(8)2-3-9/h4,6,8H,2-3,5H2,1H3. The molecule has 1 spiro atoms. The number of hydrogen-bond acceptors (Lipinski definition) is 0. The van der Waals surface area contributed by atoms with Gasteiger partial charge in [-0.15, -0.1) is 0 Å². The Balaban J connectivity index is 1.78. The van der Waals surface area contributed by atoms with Gasteiger partial charge in [0.2, 0.25) is 0 Å². The smallest absolute Gasteiger partial charge is 0.00455 e. The highest BCUT2D eigenvalue weighted by Crippen LogP contribution is 2.75. The molecule has 2 saturated carbocycles. The minimum Gasteiger partial charge on any atom is -0.0775 e. The molecular weight excluding hydrogens is 108 g/mol. The van der Waals surface area contributed by atoms with Crippen LogP contribution < -0.4 is 0 Å². The summed E-state index contributed by atoms with van der Waals surface area (Å²) < 4.78 is 0. The van der Waals surface area contributed by atoms with Gasteiger partial charge in [0.05, 0.1) is 0 Å². The van der Waals surface area contributed by atoms with Gasteiger partial charge in [0.1, 0.15) is 0 Å². The average molecular weight is 120 g/mol. The number of rotatable bonds is 1. The first-order valence-electron chi connectivity index (χ1n) is 4.03. The normalized spacial score (nSPS) is 48.8. The first kappa shape index (κ1) is 4.54. The summed E-state index contributed by atoms with van der Waals surface area (Å²) >= 11 is 0. The van der Waals surface area contributed by atoms with Gasteiger partial charge in [-0.1, -0.05) is 18.6 Å². The first-order chi connectivity index (χ1) is 4.32. The van der Waals surface area contributed by atoms with E-state index in [0.29, 0.717) is 0 Å². The zero-order chi connectivity index (χ0) is 6.06. The fourth-order valence-electron chi connectivity index (χ4n) is 2.21. The van der Waals surface area contributed by atoms with Gasteiger partial charge in [-0.25, -0.2) is 0 Å². The number of allylic oxidation sites excluding steroid dienone is 2. The van der Waals surface area contributed by atoms with E-state index < -0.39 is 0 Å². The van der Waals surface area contributed by atoms with Crippen LogP contribution in [0.3, 0.4) is 0 Å². The summed E-state index contributed by atoms with van der Waals surface area (Å²) in [5.74, 6) is 1.97. The van der Waals surface area contributed by atoms with Gasteiger partial charge in [0.25, 0.3) is 0 Å². The highest BCUT2D eigenvalue weighted by atomic mass is 14.7. The summed E-state index contributed by atoms with van der Waals surface area (Å²) in [6, 6.07) is 0. The van der Waals surface area contributed by atoms with E-state index in [1.807, 2.05) is 0 Å². The average Bonchev–Trinajstić information content (AvgIpc) is 2.58. The lowest BCUT2D eigenvalue weighted by molar-refractivity contribution is 0.778. The summed E-state index contributed by atoms with van der Waals surface area (Å²) in [6.45, 7) is 2.32. The molecule has 2 atom stereocenters. The Morgan fingerprint density at radius 3 is 2.56 bits per heavy atom. The minimum absolute atomic E-state index is 0.898. The molecule has 3 aliphatic rings. The maximum atomic E-state index is 2.44. The molecule has 3 rings (SSSR count). The predicted molar refractivity (Wildman–Crippen MR) is 37.0 cm³/mol. The Hall–Kier alpha value is -0.260. The molecule has 9 heavy (non-hydrogen) atoms. The van der Waals surface area contributed by atoms with E-state index in [0.717, 1.165) is 17.3 Å². The molecule has 0 saturated heterocycles. The summed E-state index contributed by atoms with van der Waals surface area (Å²) in [5.41, 5.74) is 2.71. The Morgan fingerprint density at radius 1 is 1.56 bits per heavy atom. The lowest BCUT2D eigenvalue weighted by Gasteiger charge is -1.87. The largest absolute Gasteiger partial charge is 0.0775 e. The maximum absolute atomic E-state index is 2.44. The van der Waals surface area contributed by atoms with Gasteiger partial charge in [0.15, 0.2) is 0 Å². The van der Waals surface area contributed by atoms with Crippen LogP contribution in [0.5, 0.6) is 0 Å². The lowest BCUT2D eigenvalue weighted by atomic mass is 10.2. The van der Waals surface area contributed by atoms with Crippen molar-refractivity contribution in [3.8, 4) is 0 Å². The minimum atomic E-state index is 0.898. The Bertz CT molecular complexity index is 196. The van der Waals surface area contributed by atoms with Gasteiger partial charge in [-0.2, -0.15) is 0 Å². The molecule has 0 aromatic rings. The zero-order valence-electron chi connectivity index (χ0n) is 5.85. The third-order valence-electron chi connectivity index (χ3n) is 3.34. The monoisotopic (exact) mass is 120 g/mol. The van der Waals surface area contributed by atoms with Crippen molar-refractivity contribution in [1.29, 1.82) is 0 Å². The molecule has 0 amide bonds. The van der Waals surface area contributed by atoms with Gasteiger partial charge >= 0.3 is 0 Å². The molecule has 0 nitrogen and oxygen atoms in total. The molecular formula is C9H12. The summed E-state index contributed by atoms with van der Waals surface area (Å²) in [5, 5.41) is 0. The number of hydrogen-bond donors (Lipinski definition) is 0. The van der Waals surface area contributed by atoms with Crippen molar-refractivity contribution >= 4 is 0 Å². The third-order valence-corrected chi connectivity index (χ3v) is 3.34. The molecule has 2 unspecified atom stereocenters. The van der Waals surface area contributed by atoms with Gasteiger partial charge in [-0.05, 0) is 36.5 Å². The van der Waals surface area contributed by atoms with Crippen LogP contribution in [-0.2, 0) is 0 Å². The molecule has 0 N–H and O–H groups in total. The molecule has 2 fully saturated rings. The van der Waals surface area contributed by atoms with Crippen molar-refractivity contribution in [3.63, 3.8) is 0 Å². The highest BCUT2D eigenvalue weighted by molar-refractivity contribution is 5.39. The second-order valence-corrected chi connectivity index (χ2v) is 4.07. The van der Waals surface area contributed by atoms with Crippen molar-refractivity contribution in [1.82, 2.24) is 0 Å². The van der Waals surface area contributed by atoms with Crippen molar-refractivity contribution in [2.24, 2.45) is 17.3 Å². The SMILES string of the molecule is CC1C=C1C1CC12CC2. The molecule has 0 radical (unpaired) electrons. The topological polar surface area (TPSA) is 0 Å². The fraction of sp³-hybridized carbons (Fsp3) is 0.778. The van der Waals surface area contributed by atoms with Crippen LogP contribution in [0.25, 0.3) is 0 Å². The van der Waals surface area contributed by atoms with E-state index in [2.05, 4.69) is 13.0 Å². The molecule has 0 aromatic heterocycles. The van der Waals surface area contributed by atoms with Crippen LogP contribution >= 0.6 is 0 Å². The second kappa shape index (κ2) is 1.00.